The molecule has 2 rings (SSSR count). The van der Waals surface area contributed by atoms with Crippen molar-refractivity contribution in [2.45, 2.75) is 20.3 Å². The van der Waals surface area contributed by atoms with E-state index in [4.69, 9.17) is 4.74 Å². The van der Waals surface area contributed by atoms with Gasteiger partial charge in [-0.15, -0.1) is 0 Å². The SMILES string of the molecule is CCc1ccc(OCC(=O)N/N=C\C(C)=C/c2ccccc2)cc1. The maximum Gasteiger partial charge on any atom is 0.277 e. The van der Waals surface area contributed by atoms with Gasteiger partial charge in [-0.25, -0.2) is 5.43 Å². The van der Waals surface area contributed by atoms with E-state index in [1.165, 1.54) is 5.56 Å². The Morgan fingerprint density at radius 3 is 2.50 bits per heavy atom. The number of amides is 1. The number of aryl methyl sites for hydroxylation is 1. The summed E-state index contributed by atoms with van der Waals surface area (Å²) in [6.07, 6.45) is 4.58. The number of ether oxygens (including phenoxy) is 1. The topological polar surface area (TPSA) is 50.7 Å². The number of carbonyl (C=O) groups excluding carboxylic acids is 1. The first kappa shape index (κ1) is 17.5. The van der Waals surface area contributed by atoms with Gasteiger partial charge >= 0.3 is 0 Å². The molecular weight excluding hydrogens is 300 g/mol. The zero-order valence-electron chi connectivity index (χ0n) is 14.0. The van der Waals surface area contributed by atoms with Crippen LogP contribution in [0.4, 0.5) is 0 Å². The van der Waals surface area contributed by atoms with Gasteiger partial charge in [0.25, 0.3) is 5.91 Å². The molecular formula is C20H22N2O2. The third-order valence-corrected chi connectivity index (χ3v) is 3.35. The van der Waals surface area contributed by atoms with Crippen molar-refractivity contribution in [3.05, 3.63) is 71.3 Å². The maximum atomic E-state index is 11.7. The Morgan fingerprint density at radius 1 is 1.12 bits per heavy atom. The van der Waals surface area contributed by atoms with Gasteiger partial charge in [-0.3, -0.25) is 4.79 Å². The van der Waals surface area contributed by atoms with Crippen LogP contribution in [0.25, 0.3) is 6.08 Å². The molecule has 0 unspecified atom stereocenters. The quantitative estimate of drug-likeness (QED) is 0.622. The third kappa shape index (κ3) is 6.08. The first-order chi connectivity index (χ1) is 11.7. The van der Waals surface area contributed by atoms with Gasteiger partial charge in [0.2, 0.25) is 0 Å². The average molecular weight is 322 g/mol. The van der Waals surface area contributed by atoms with Crippen LogP contribution >= 0.6 is 0 Å². The zero-order valence-corrected chi connectivity index (χ0v) is 14.0. The highest BCUT2D eigenvalue weighted by molar-refractivity contribution is 5.86. The minimum absolute atomic E-state index is 0.0652. The van der Waals surface area contributed by atoms with Crippen molar-refractivity contribution in [2.75, 3.05) is 6.61 Å². The van der Waals surface area contributed by atoms with E-state index in [1.807, 2.05) is 67.6 Å². The number of rotatable bonds is 7. The van der Waals surface area contributed by atoms with Gasteiger partial charge in [-0.2, -0.15) is 5.10 Å². The van der Waals surface area contributed by atoms with E-state index in [2.05, 4.69) is 17.5 Å². The lowest BCUT2D eigenvalue weighted by atomic mass is 10.1. The molecule has 0 fully saturated rings. The van der Waals surface area contributed by atoms with Gasteiger partial charge in [0.05, 0.1) is 6.21 Å². The minimum atomic E-state index is -0.293. The molecule has 0 aliphatic heterocycles. The van der Waals surface area contributed by atoms with E-state index in [-0.39, 0.29) is 12.5 Å². The number of nitrogens with zero attached hydrogens (tertiary/aromatic N) is 1. The average Bonchev–Trinajstić information content (AvgIpc) is 2.61. The molecule has 0 atom stereocenters. The van der Waals surface area contributed by atoms with E-state index in [9.17, 15) is 4.79 Å². The van der Waals surface area contributed by atoms with Crippen molar-refractivity contribution >= 4 is 18.2 Å². The predicted molar refractivity (Wildman–Crippen MR) is 98.0 cm³/mol. The molecule has 1 amide bonds. The van der Waals surface area contributed by atoms with Crippen LogP contribution in [0.1, 0.15) is 25.0 Å². The van der Waals surface area contributed by atoms with Crippen LogP contribution in [0.2, 0.25) is 0 Å². The fraction of sp³-hybridized carbons (Fsp3) is 0.200. The molecule has 4 nitrogen and oxygen atoms in total. The van der Waals surface area contributed by atoms with Gasteiger partial charge in [0.1, 0.15) is 5.75 Å². The van der Waals surface area contributed by atoms with Crippen LogP contribution in [-0.4, -0.2) is 18.7 Å². The van der Waals surface area contributed by atoms with Crippen LogP contribution in [0.5, 0.6) is 5.75 Å². The Morgan fingerprint density at radius 2 is 1.83 bits per heavy atom. The second-order valence-electron chi connectivity index (χ2n) is 5.38. The van der Waals surface area contributed by atoms with Crippen molar-refractivity contribution in [3.63, 3.8) is 0 Å². The summed E-state index contributed by atoms with van der Waals surface area (Å²) in [5.41, 5.74) is 5.72. The van der Waals surface area contributed by atoms with E-state index in [0.717, 1.165) is 17.6 Å². The summed E-state index contributed by atoms with van der Waals surface area (Å²) in [6, 6.07) is 17.6. The van der Waals surface area contributed by atoms with Gasteiger partial charge in [-0.05, 0) is 42.2 Å². The summed E-state index contributed by atoms with van der Waals surface area (Å²) in [6.45, 7) is 3.95. The van der Waals surface area contributed by atoms with E-state index in [1.54, 1.807) is 6.21 Å². The van der Waals surface area contributed by atoms with Gasteiger partial charge in [-0.1, -0.05) is 55.5 Å². The predicted octanol–water partition coefficient (Wildman–Crippen LogP) is 3.83. The number of hydrogen-bond acceptors (Lipinski definition) is 3. The van der Waals surface area contributed by atoms with Crippen molar-refractivity contribution in [1.29, 1.82) is 0 Å². The van der Waals surface area contributed by atoms with Gasteiger partial charge < -0.3 is 4.74 Å². The normalized spacial score (nSPS) is 11.5. The fourth-order valence-corrected chi connectivity index (χ4v) is 2.06. The van der Waals surface area contributed by atoms with Gasteiger partial charge in [0, 0.05) is 0 Å². The Labute approximate surface area is 142 Å². The third-order valence-electron chi connectivity index (χ3n) is 3.35. The molecule has 4 heteroatoms. The van der Waals surface area contributed by atoms with Crippen LogP contribution in [0.3, 0.4) is 0 Å². The molecule has 0 aromatic heterocycles. The summed E-state index contributed by atoms with van der Waals surface area (Å²) in [5.74, 6) is 0.379. The molecule has 24 heavy (non-hydrogen) atoms. The lowest BCUT2D eigenvalue weighted by Crippen LogP contribution is -2.24. The summed E-state index contributed by atoms with van der Waals surface area (Å²) in [7, 11) is 0. The molecule has 1 N–H and O–H groups in total. The smallest absolute Gasteiger partial charge is 0.277 e. The molecule has 0 radical (unpaired) electrons. The highest BCUT2D eigenvalue weighted by atomic mass is 16.5. The van der Waals surface area contributed by atoms with Crippen molar-refractivity contribution in [2.24, 2.45) is 5.10 Å². The lowest BCUT2D eigenvalue weighted by Gasteiger charge is -2.05. The number of allylic oxidation sites excluding steroid dienone is 1. The lowest BCUT2D eigenvalue weighted by molar-refractivity contribution is -0.123. The Bertz CT molecular complexity index is 704. The molecule has 0 saturated carbocycles. The monoisotopic (exact) mass is 322 g/mol. The first-order valence-electron chi connectivity index (χ1n) is 7.94. The molecule has 0 aliphatic rings. The van der Waals surface area contributed by atoms with E-state index >= 15 is 0 Å². The number of carbonyl (C=O) groups is 1. The summed E-state index contributed by atoms with van der Waals surface area (Å²) in [5, 5.41) is 3.93. The molecule has 0 saturated heterocycles. The summed E-state index contributed by atoms with van der Waals surface area (Å²) >= 11 is 0. The molecule has 124 valence electrons. The number of nitrogens with one attached hydrogen (secondary N) is 1. The van der Waals surface area contributed by atoms with Gasteiger partial charge in [0.15, 0.2) is 6.61 Å². The maximum absolute atomic E-state index is 11.7. The number of hydrazone groups is 1. The second-order valence-corrected chi connectivity index (χ2v) is 5.38. The van der Waals surface area contributed by atoms with Crippen molar-refractivity contribution in [3.8, 4) is 5.75 Å². The molecule has 2 aromatic carbocycles. The van der Waals surface area contributed by atoms with E-state index in [0.29, 0.717) is 5.75 Å². The highest BCUT2D eigenvalue weighted by Crippen LogP contribution is 2.12. The zero-order chi connectivity index (χ0) is 17.2. The van der Waals surface area contributed by atoms with Crippen LogP contribution in [0, 0.1) is 0 Å². The highest BCUT2D eigenvalue weighted by Gasteiger charge is 2.01. The fourth-order valence-electron chi connectivity index (χ4n) is 2.06. The number of benzene rings is 2. The Kier molecular flexibility index (Phi) is 6.77. The molecule has 0 bridgehead atoms. The second kappa shape index (κ2) is 9.30. The van der Waals surface area contributed by atoms with Crippen LogP contribution in [0.15, 0.2) is 65.3 Å². The summed E-state index contributed by atoms with van der Waals surface area (Å²) < 4.78 is 5.42. The summed E-state index contributed by atoms with van der Waals surface area (Å²) in [4.78, 5) is 11.7. The minimum Gasteiger partial charge on any atom is -0.484 e. The van der Waals surface area contributed by atoms with Crippen LogP contribution < -0.4 is 10.2 Å². The molecule has 2 aromatic rings. The van der Waals surface area contributed by atoms with Crippen molar-refractivity contribution in [1.82, 2.24) is 5.43 Å². The molecule has 0 spiro atoms. The molecule has 0 heterocycles. The number of hydrogen-bond donors (Lipinski definition) is 1. The van der Waals surface area contributed by atoms with Crippen LogP contribution in [-0.2, 0) is 11.2 Å². The standard InChI is InChI=1S/C20H22N2O2/c1-3-17-9-11-19(12-10-17)24-15-20(23)22-21-14-16(2)13-18-7-5-4-6-8-18/h4-14H,3,15H2,1-2H3,(H,22,23)/b16-13-,21-14-. The Hall–Kier alpha value is -2.88. The first-order valence-corrected chi connectivity index (χ1v) is 7.94. The Balaban J connectivity index is 1.76. The van der Waals surface area contributed by atoms with E-state index < -0.39 is 0 Å². The molecule has 0 aliphatic carbocycles. The largest absolute Gasteiger partial charge is 0.484 e. The van der Waals surface area contributed by atoms with Crippen molar-refractivity contribution < 1.29 is 9.53 Å².